The van der Waals surface area contributed by atoms with Crippen LogP contribution in [-0.2, 0) is 26.2 Å². The minimum atomic E-state index is -3.88. The van der Waals surface area contributed by atoms with E-state index in [9.17, 15) is 18.0 Å². The van der Waals surface area contributed by atoms with Gasteiger partial charge in [0.15, 0.2) is 6.61 Å². The first-order chi connectivity index (χ1) is 15.2. The molecule has 0 radical (unpaired) electrons. The number of halogens is 2. The number of carbonyl (C=O) groups is 2. The molecule has 2 N–H and O–H groups in total. The third-order valence-electron chi connectivity index (χ3n) is 5.49. The van der Waals surface area contributed by atoms with E-state index in [0.29, 0.717) is 30.1 Å². The molecule has 32 heavy (non-hydrogen) atoms. The van der Waals surface area contributed by atoms with Crippen LogP contribution in [0.3, 0.4) is 0 Å². The van der Waals surface area contributed by atoms with Gasteiger partial charge in [-0.2, -0.15) is 4.31 Å². The van der Waals surface area contributed by atoms with Crippen LogP contribution in [0.15, 0.2) is 41.3 Å². The van der Waals surface area contributed by atoms with Gasteiger partial charge in [-0.15, -0.1) is 0 Å². The minimum Gasteiger partial charge on any atom is -0.482 e. The van der Waals surface area contributed by atoms with E-state index in [0.717, 1.165) is 5.56 Å². The second-order valence-electron chi connectivity index (χ2n) is 7.64. The molecule has 11 heteroatoms. The van der Waals surface area contributed by atoms with Gasteiger partial charge >= 0.3 is 0 Å². The van der Waals surface area contributed by atoms with Crippen molar-refractivity contribution in [2.75, 3.05) is 25.0 Å². The molecule has 4 rings (SSSR count). The highest BCUT2D eigenvalue weighted by Gasteiger charge is 2.34. The molecule has 1 fully saturated rings. The molecule has 2 amide bonds. The summed E-state index contributed by atoms with van der Waals surface area (Å²) in [7, 11) is -3.88. The third kappa shape index (κ3) is 4.85. The van der Waals surface area contributed by atoms with Crippen molar-refractivity contribution in [3.05, 3.63) is 52.0 Å². The molecule has 2 heterocycles. The van der Waals surface area contributed by atoms with E-state index < -0.39 is 10.0 Å². The Hall–Kier alpha value is -2.33. The van der Waals surface area contributed by atoms with Crippen LogP contribution in [0.1, 0.15) is 18.4 Å². The zero-order valence-electron chi connectivity index (χ0n) is 16.9. The van der Waals surface area contributed by atoms with Crippen molar-refractivity contribution < 1.29 is 22.7 Å². The monoisotopic (exact) mass is 497 g/mol. The molecular weight excluding hydrogens is 477 g/mol. The van der Waals surface area contributed by atoms with Crippen molar-refractivity contribution in [1.29, 1.82) is 0 Å². The van der Waals surface area contributed by atoms with Crippen molar-refractivity contribution >= 4 is 50.7 Å². The molecule has 0 atom stereocenters. The fourth-order valence-electron chi connectivity index (χ4n) is 3.71. The van der Waals surface area contributed by atoms with Gasteiger partial charge < -0.3 is 15.4 Å². The number of hydrogen-bond acceptors (Lipinski definition) is 5. The lowest BCUT2D eigenvalue weighted by Crippen LogP contribution is -2.43. The van der Waals surface area contributed by atoms with Gasteiger partial charge in [-0.25, -0.2) is 8.42 Å². The molecule has 0 aliphatic carbocycles. The summed E-state index contributed by atoms with van der Waals surface area (Å²) < 4.78 is 33.0. The van der Waals surface area contributed by atoms with Crippen LogP contribution in [0, 0.1) is 5.92 Å². The summed E-state index contributed by atoms with van der Waals surface area (Å²) in [5.41, 5.74) is 1.27. The normalized spacial score (nSPS) is 17.2. The smallest absolute Gasteiger partial charge is 0.262 e. The topological polar surface area (TPSA) is 105 Å². The van der Waals surface area contributed by atoms with E-state index in [2.05, 4.69) is 10.6 Å². The van der Waals surface area contributed by atoms with E-state index in [1.165, 1.54) is 16.4 Å². The Labute approximate surface area is 195 Å². The number of hydrogen-bond donors (Lipinski definition) is 2. The Balaban J connectivity index is 1.38. The number of rotatable bonds is 5. The van der Waals surface area contributed by atoms with Crippen molar-refractivity contribution in [2.24, 2.45) is 5.92 Å². The number of carbonyl (C=O) groups excluding carboxylic acids is 2. The highest BCUT2D eigenvalue weighted by molar-refractivity contribution is 7.89. The van der Waals surface area contributed by atoms with Gasteiger partial charge in [-0.05, 0) is 36.6 Å². The van der Waals surface area contributed by atoms with Crippen LogP contribution in [0.2, 0.25) is 10.0 Å². The minimum absolute atomic E-state index is 0.00242. The summed E-state index contributed by atoms with van der Waals surface area (Å²) in [4.78, 5) is 23.9. The predicted octanol–water partition coefficient (Wildman–Crippen LogP) is 3.04. The Bertz CT molecular complexity index is 1150. The maximum absolute atomic E-state index is 13.2. The largest absolute Gasteiger partial charge is 0.482 e. The van der Waals surface area contributed by atoms with Gasteiger partial charge in [0.1, 0.15) is 10.6 Å². The standard InChI is InChI=1S/C21H21Cl2N3O5S/c22-15-3-1-13(2-4-15)11-24-21(28)14-5-7-26(8-6-14)32(29,30)19-10-18-17(9-16(19)23)25-20(27)12-31-18/h1-4,9-10,14H,5-8,11-12H2,(H,24,28)(H,25,27). The predicted molar refractivity (Wildman–Crippen MR) is 120 cm³/mol. The van der Waals surface area contributed by atoms with Gasteiger partial charge in [-0.3, -0.25) is 9.59 Å². The zero-order chi connectivity index (χ0) is 22.9. The van der Waals surface area contributed by atoms with Crippen LogP contribution >= 0.6 is 23.2 Å². The fraction of sp³-hybridized carbons (Fsp3) is 0.333. The maximum Gasteiger partial charge on any atom is 0.262 e. The molecule has 0 bridgehead atoms. The molecule has 170 valence electrons. The van der Waals surface area contributed by atoms with E-state index >= 15 is 0 Å². The summed E-state index contributed by atoms with van der Waals surface area (Å²) in [6.45, 7) is 0.596. The lowest BCUT2D eigenvalue weighted by molar-refractivity contribution is -0.126. The number of amides is 2. The molecule has 0 unspecified atom stereocenters. The first-order valence-electron chi connectivity index (χ1n) is 10.0. The SMILES string of the molecule is O=C1COc2cc(S(=O)(=O)N3CCC(C(=O)NCc4ccc(Cl)cc4)CC3)c(Cl)cc2N1. The van der Waals surface area contributed by atoms with Crippen LogP contribution in [0.5, 0.6) is 5.75 Å². The Kier molecular flexibility index (Phi) is 6.62. The summed E-state index contributed by atoms with van der Waals surface area (Å²) in [6.07, 6.45) is 0.807. The zero-order valence-corrected chi connectivity index (χ0v) is 19.3. The molecular formula is C21H21Cl2N3O5S. The van der Waals surface area contributed by atoms with Crippen molar-refractivity contribution in [3.63, 3.8) is 0 Å². The summed E-state index contributed by atoms with van der Waals surface area (Å²) in [5, 5.41) is 6.12. The molecule has 2 aromatic rings. The lowest BCUT2D eigenvalue weighted by Gasteiger charge is -2.31. The van der Waals surface area contributed by atoms with Crippen LogP contribution < -0.4 is 15.4 Å². The number of piperidine rings is 1. The molecule has 0 spiro atoms. The molecule has 2 aliphatic heterocycles. The van der Waals surface area contributed by atoms with Crippen molar-refractivity contribution in [2.45, 2.75) is 24.3 Å². The van der Waals surface area contributed by atoms with Gasteiger partial charge in [0.05, 0.1) is 10.7 Å². The molecule has 2 aromatic carbocycles. The molecule has 1 saturated heterocycles. The summed E-state index contributed by atoms with van der Waals surface area (Å²) in [6, 6.07) is 9.91. The second-order valence-corrected chi connectivity index (χ2v) is 10.4. The molecule has 0 aromatic heterocycles. The number of fused-ring (bicyclic) bond motifs is 1. The van der Waals surface area contributed by atoms with E-state index in [1.54, 1.807) is 12.1 Å². The van der Waals surface area contributed by atoms with E-state index in [4.69, 9.17) is 27.9 Å². The molecule has 2 aliphatic rings. The number of anilines is 1. The quantitative estimate of drug-likeness (QED) is 0.660. The highest BCUT2D eigenvalue weighted by atomic mass is 35.5. The number of nitrogens with one attached hydrogen (secondary N) is 2. The number of benzene rings is 2. The van der Waals surface area contributed by atoms with Gasteiger partial charge in [0, 0.05) is 36.6 Å². The van der Waals surface area contributed by atoms with Crippen LogP contribution in [0.25, 0.3) is 0 Å². The third-order valence-corrected chi connectivity index (χ3v) is 8.10. The highest BCUT2D eigenvalue weighted by Crippen LogP contribution is 2.37. The molecule has 8 nitrogen and oxygen atoms in total. The average molecular weight is 498 g/mol. The fourth-order valence-corrected chi connectivity index (χ4v) is 5.83. The van der Waals surface area contributed by atoms with Crippen LogP contribution in [-0.4, -0.2) is 44.2 Å². The summed E-state index contributed by atoms with van der Waals surface area (Å²) >= 11 is 12.1. The number of ether oxygens (including phenoxy) is 1. The van der Waals surface area contributed by atoms with Crippen LogP contribution in [0.4, 0.5) is 5.69 Å². The van der Waals surface area contributed by atoms with Crippen molar-refractivity contribution in [1.82, 2.24) is 9.62 Å². The Morgan fingerprint density at radius 1 is 1.16 bits per heavy atom. The Morgan fingerprint density at radius 3 is 2.53 bits per heavy atom. The number of sulfonamides is 1. The average Bonchev–Trinajstić information content (AvgIpc) is 2.78. The first-order valence-corrected chi connectivity index (χ1v) is 12.2. The van der Waals surface area contributed by atoms with E-state index in [-0.39, 0.29) is 53.1 Å². The lowest BCUT2D eigenvalue weighted by atomic mass is 9.97. The van der Waals surface area contributed by atoms with Gasteiger partial charge in [0.25, 0.3) is 5.91 Å². The Morgan fingerprint density at radius 2 is 1.84 bits per heavy atom. The second kappa shape index (κ2) is 9.27. The summed E-state index contributed by atoms with van der Waals surface area (Å²) in [5.74, 6) is -0.455. The van der Waals surface area contributed by atoms with Gasteiger partial charge in [0.2, 0.25) is 15.9 Å². The van der Waals surface area contributed by atoms with Gasteiger partial charge in [-0.1, -0.05) is 35.3 Å². The maximum atomic E-state index is 13.2. The first kappa shape index (κ1) is 22.8. The number of nitrogens with zero attached hydrogens (tertiary/aromatic N) is 1. The van der Waals surface area contributed by atoms with Crippen molar-refractivity contribution in [3.8, 4) is 5.75 Å². The van der Waals surface area contributed by atoms with E-state index in [1.807, 2.05) is 12.1 Å². The molecule has 0 saturated carbocycles.